The second-order valence-corrected chi connectivity index (χ2v) is 5.89. The lowest BCUT2D eigenvalue weighted by atomic mass is 10.2. The summed E-state index contributed by atoms with van der Waals surface area (Å²) >= 11 is 0. The Kier molecular flexibility index (Phi) is 6.51. The average molecular weight is 340 g/mol. The summed E-state index contributed by atoms with van der Waals surface area (Å²) in [6.45, 7) is 4.31. The van der Waals surface area contributed by atoms with E-state index in [1.54, 1.807) is 35.4 Å². The van der Waals surface area contributed by atoms with E-state index in [-0.39, 0.29) is 11.8 Å². The summed E-state index contributed by atoms with van der Waals surface area (Å²) in [6.07, 6.45) is 3.66. The van der Waals surface area contributed by atoms with Gasteiger partial charge in [0.1, 0.15) is 5.82 Å². The zero-order valence-electron chi connectivity index (χ0n) is 14.9. The van der Waals surface area contributed by atoms with Crippen LogP contribution in [-0.2, 0) is 4.79 Å². The van der Waals surface area contributed by atoms with E-state index in [9.17, 15) is 9.59 Å². The molecule has 6 nitrogen and oxygen atoms in total. The van der Waals surface area contributed by atoms with Crippen LogP contribution >= 0.6 is 0 Å². The van der Waals surface area contributed by atoms with Crippen molar-refractivity contribution in [1.82, 2.24) is 9.88 Å². The third-order valence-electron chi connectivity index (χ3n) is 3.68. The van der Waals surface area contributed by atoms with Gasteiger partial charge in [-0.3, -0.25) is 9.59 Å². The van der Waals surface area contributed by atoms with Crippen LogP contribution in [0.2, 0.25) is 0 Å². The highest BCUT2D eigenvalue weighted by atomic mass is 16.2. The van der Waals surface area contributed by atoms with E-state index in [2.05, 4.69) is 22.5 Å². The molecule has 6 heteroatoms. The highest BCUT2D eigenvalue weighted by Gasteiger charge is 2.12. The number of benzene rings is 1. The van der Waals surface area contributed by atoms with Gasteiger partial charge >= 0.3 is 0 Å². The number of hydrogen-bond acceptors (Lipinski definition) is 4. The van der Waals surface area contributed by atoms with Gasteiger partial charge < -0.3 is 15.5 Å². The lowest BCUT2D eigenvalue weighted by molar-refractivity contribution is -0.114. The van der Waals surface area contributed by atoms with Gasteiger partial charge in [0.15, 0.2) is 0 Å². The van der Waals surface area contributed by atoms with Gasteiger partial charge in [0, 0.05) is 43.7 Å². The number of nitrogens with one attached hydrogen (secondary N) is 2. The van der Waals surface area contributed by atoms with Crippen LogP contribution in [0.5, 0.6) is 0 Å². The van der Waals surface area contributed by atoms with Crippen molar-refractivity contribution in [2.45, 2.75) is 26.7 Å². The average Bonchev–Trinajstić information content (AvgIpc) is 2.60. The van der Waals surface area contributed by atoms with Crippen LogP contribution < -0.4 is 10.6 Å². The molecule has 25 heavy (non-hydrogen) atoms. The van der Waals surface area contributed by atoms with Crippen LogP contribution in [0.3, 0.4) is 0 Å². The summed E-state index contributed by atoms with van der Waals surface area (Å²) in [5.41, 5.74) is 2.16. The Morgan fingerprint density at radius 2 is 1.80 bits per heavy atom. The predicted octanol–water partition coefficient (Wildman–Crippen LogP) is 3.66. The topological polar surface area (TPSA) is 74.3 Å². The van der Waals surface area contributed by atoms with Crippen molar-refractivity contribution in [2.24, 2.45) is 0 Å². The highest BCUT2D eigenvalue weighted by Crippen LogP contribution is 2.18. The zero-order valence-corrected chi connectivity index (χ0v) is 14.9. The van der Waals surface area contributed by atoms with E-state index in [0.29, 0.717) is 11.4 Å². The number of amides is 2. The molecule has 2 aromatic rings. The largest absolute Gasteiger partial charge is 0.342 e. The molecule has 2 amide bonds. The second kappa shape index (κ2) is 8.82. The molecular formula is C19H24N4O2. The fourth-order valence-electron chi connectivity index (χ4n) is 2.34. The predicted molar refractivity (Wildman–Crippen MR) is 100 cm³/mol. The number of carbonyl (C=O) groups excluding carboxylic acids is 2. The molecule has 132 valence electrons. The lowest BCUT2D eigenvalue weighted by Gasteiger charge is -2.17. The first-order valence-electron chi connectivity index (χ1n) is 8.35. The number of nitrogens with zero attached hydrogens (tertiary/aromatic N) is 2. The minimum atomic E-state index is -0.110. The van der Waals surface area contributed by atoms with Gasteiger partial charge in [-0.15, -0.1) is 0 Å². The summed E-state index contributed by atoms with van der Waals surface area (Å²) in [5, 5.41) is 5.88. The summed E-state index contributed by atoms with van der Waals surface area (Å²) in [7, 11) is 1.81. The molecule has 0 spiro atoms. The van der Waals surface area contributed by atoms with E-state index in [4.69, 9.17) is 0 Å². The highest BCUT2D eigenvalue weighted by molar-refractivity contribution is 5.94. The Morgan fingerprint density at radius 3 is 2.44 bits per heavy atom. The SMILES string of the molecule is CCCCN(C)C(=O)c1ccnc(Nc2ccc(NC(C)=O)cc2)c1. The minimum absolute atomic E-state index is 0.0140. The van der Waals surface area contributed by atoms with Crippen molar-refractivity contribution in [3.8, 4) is 0 Å². The molecule has 0 atom stereocenters. The van der Waals surface area contributed by atoms with Crippen molar-refractivity contribution in [1.29, 1.82) is 0 Å². The molecule has 1 aromatic carbocycles. The Balaban J connectivity index is 2.05. The normalized spacial score (nSPS) is 10.2. The fraction of sp³-hybridized carbons (Fsp3) is 0.316. The van der Waals surface area contributed by atoms with Crippen molar-refractivity contribution in [3.05, 3.63) is 48.2 Å². The van der Waals surface area contributed by atoms with Crippen molar-refractivity contribution in [2.75, 3.05) is 24.2 Å². The number of rotatable bonds is 7. The maximum atomic E-state index is 12.4. The third-order valence-corrected chi connectivity index (χ3v) is 3.68. The number of hydrogen-bond donors (Lipinski definition) is 2. The maximum Gasteiger partial charge on any atom is 0.253 e. The number of aromatic nitrogens is 1. The molecule has 1 aromatic heterocycles. The van der Waals surface area contributed by atoms with E-state index in [0.717, 1.165) is 30.8 Å². The van der Waals surface area contributed by atoms with Gasteiger partial charge in [0.25, 0.3) is 5.91 Å². The molecule has 1 heterocycles. The minimum Gasteiger partial charge on any atom is -0.342 e. The molecule has 2 N–H and O–H groups in total. The van der Waals surface area contributed by atoms with Crippen molar-refractivity contribution < 1.29 is 9.59 Å². The number of pyridine rings is 1. The smallest absolute Gasteiger partial charge is 0.253 e. The quantitative estimate of drug-likeness (QED) is 0.807. The van der Waals surface area contributed by atoms with Gasteiger partial charge in [-0.25, -0.2) is 4.98 Å². The Hall–Kier alpha value is -2.89. The number of anilines is 3. The van der Waals surface area contributed by atoms with E-state index in [1.807, 2.05) is 19.2 Å². The molecule has 0 unspecified atom stereocenters. The maximum absolute atomic E-state index is 12.4. The van der Waals surface area contributed by atoms with E-state index >= 15 is 0 Å². The summed E-state index contributed by atoms with van der Waals surface area (Å²) < 4.78 is 0. The monoisotopic (exact) mass is 340 g/mol. The van der Waals surface area contributed by atoms with Gasteiger partial charge in [-0.05, 0) is 42.8 Å². The molecule has 2 rings (SSSR count). The summed E-state index contributed by atoms with van der Waals surface area (Å²) in [4.78, 5) is 29.5. The van der Waals surface area contributed by atoms with E-state index < -0.39 is 0 Å². The third kappa shape index (κ3) is 5.60. The van der Waals surface area contributed by atoms with Crippen molar-refractivity contribution in [3.63, 3.8) is 0 Å². The van der Waals surface area contributed by atoms with Crippen LogP contribution in [0.1, 0.15) is 37.0 Å². The first kappa shape index (κ1) is 18.4. The first-order chi connectivity index (χ1) is 12.0. The molecule has 0 aliphatic heterocycles. The van der Waals surface area contributed by atoms with Crippen LogP contribution in [0.15, 0.2) is 42.6 Å². The molecule has 0 bridgehead atoms. The van der Waals surface area contributed by atoms with Gasteiger partial charge in [-0.1, -0.05) is 13.3 Å². The van der Waals surface area contributed by atoms with Crippen LogP contribution in [0.25, 0.3) is 0 Å². The Labute approximate surface area is 148 Å². The zero-order chi connectivity index (χ0) is 18.2. The fourth-order valence-corrected chi connectivity index (χ4v) is 2.34. The summed E-state index contributed by atoms with van der Waals surface area (Å²) in [6, 6.07) is 10.8. The molecule has 0 aliphatic carbocycles. The number of unbranched alkanes of at least 4 members (excludes halogenated alkanes) is 1. The van der Waals surface area contributed by atoms with Gasteiger partial charge in [0.2, 0.25) is 5.91 Å². The van der Waals surface area contributed by atoms with Crippen LogP contribution in [0.4, 0.5) is 17.2 Å². The second-order valence-electron chi connectivity index (χ2n) is 5.89. The van der Waals surface area contributed by atoms with Gasteiger partial charge in [0.05, 0.1) is 0 Å². The molecule has 0 aliphatic rings. The number of carbonyl (C=O) groups is 2. The summed E-state index contributed by atoms with van der Waals surface area (Å²) in [5.74, 6) is 0.475. The Morgan fingerprint density at radius 1 is 1.12 bits per heavy atom. The van der Waals surface area contributed by atoms with Crippen LogP contribution in [-0.4, -0.2) is 35.3 Å². The first-order valence-corrected chi connectivity index (χ1v) is 8.35. The molecule has 0 saturated carbocycles. The molecule has 0 radical (unpaired) electrons. The van der Waals surface area contributed by atoms with Crippen LogP contribution in [0, 0.1) is 0 Å². The molecular weight excluding hydrogens is 316 g/mol. The van der Waals surface area contributed by atoms with Gasteiger partial charge in [-0.2, -0.15) is 0 Å². The Bertz CT molecular complexity index is 728. The van der Waals surface area contributed by atoms with E-state index in [1.165, 1.54) is 6.92 Å². The standard InChI is InChI=1S/C19H24N4O2/c1-4-5-12-23(3)19(25)15-10-11-20-18(13-15)22-17-8-6-16(7-9-17)21-14(2)24/h6-11,13H,4-5,12H2,1-3H3,(H,20,22)(H,21,24). The molecule has 0 saturated heterocycles. The lowest BCUT2D eigenvalue weighted by Crippen LogP contribution is -2.27. The van der Waals surface area contributed by atoms with Crippen molar-refractivity contribution >= 4 is 29.0 Å². The molecule has 0 fully saturated rings.